The Morgan fingerprint density at radius 2 is 1.60 bits per heavy atom. The predicted octanol–water partition coefficient (Wildman–Crippen LogP) is 4.45. The number of ether oxygens (including phenoxy) is 3. The van der Waals surface area contributed by atoms with Crippen molar-refractivity contribution in [3.05, 3.63) is 54.1 Å². The van der Waals surface area contributed by atoms with Crippen LogP contribution in [0.2, 0.25) is 0 Å². The lowest BCUT2D eigenvalue weighted by Crippen LogP contribution is -2.21. The van der Waals surface area contributed by atoms with Gasteiger partial charge in [-0.2, -0.15) is 13.2 Å². The number of hydrogen-bond acceptors (Lipinski definition) is 5. The molecule has 0 aliphatic heterocycles. The number of amides is 1. The first-order valence-corrected chi connectivity index (χ1v) is 9.27. The van der Waals surface area contributed by atoms with Gasteiger partial charge in [-0.15, -0.1) is 0 Å². The van der Waals surface area contributed by atoms with E-state index in [2.05, 4.69) is 5.32 Å². The Morgan fingerprint density at radius 1 is 0.967 bits per heavy atom. The molecule has 30 heavy (non-hydrogen) atoms. The molecule has 6 nitrogen and oxygen atoms in total. The molecular weight excluding hydrogens is 403 g/mol. The molecule has 1 N–H and O–H groups in total. The van der Waals surface area contributed by atoms with Crippen LogP contribution >= 0.6 is 0 Å². The minimum absolute atomic E-state index is 0.0460. The van der Waals surface area contributed by atoms with Crippen LogP contribution in [0.4, 0.5) is 18.9 Å². The number of hydrogen-bond donors (Lipinski definition) is 1. The van der Waals surface area contributed by atoms with Crippen molar-refractivity contribution in [2.75, 3.05) is 25.1 Å². The second kappa shape index (κ2) is 11.1. The molecule has 2 aromatic carbocycles. The van der Waals surface area contributed by atoms with Crippen LogP contribution in [0.25, 0.3) is 0 Å². The van der Waals surface area contributed by atoms with Gasteiger partial charge in [-0.1, -0.05) is 12.1 Å². The first-order chi connectivity index (χ1) is 14.3. The summed E-state index contributed by atoms with van der Waals surface area (Å²) in [7, 11) is 0. The second-order valence-electron chi connectivity index (χ2n) is 6.12. The quantitative estimate of drug-likeness (QED) is 0.450. The molecule has 0 aliphatic rings. The number of halogens is 3. The van der Waals surface area contributed by atoms with E-state index < -0.39 is 30.2 Å². The fraction of sp³-hybridized carbons (Fsp3) is 0.333. The molecule has 0 bridgehead atoms. The lowest BCUT2D eigenvalue weighted by Gasteiger charge is -2.11. The standard InChI is InChI=1S/C21H22F3NO5/c1-2-28-17-6-3-4-7-18(17)29-13-5-8-20(27)30-14-19(26)25-16-11-9-15(10-12-16)21(22,23)24/h3-4,6-7,9-12H,2,5,8,13-14H2,1H3,(H,25,26). The third-order valence-electron chi connectivity index (χ3n) is 3.79. The Bertz CT molecular complexity index is 837. The van der Waals surface area contributed by atoms with Gasteiger partial charge in [0.25, 0.3) is 5.91 Å². The lowest BCUT2D eigenvalue weighted by atomic mass is 10.2. The van der Waals surface area contributed by atoms with Crippen molar-refractivity contribution in [2.24, 2.45) is 0 Å². The first-order valence-electron chi connectivity index (χ1n) is 9.27. The number of rotatable bonds is 10. The molecule has 0 fully saturated rings. The van der Waals surface area contributed by atoms with Crippen LogP contribution in [0, 0.1) is 0 Å². The summed E-state index contributed by atoms with van der Waals surface area (Å²) in [5.74, 6) is -0.0459. The van der Waals surface area contributed by atoms with Crippen LogP contribution in [0.1, 0.15) is 25.3 Å². The summed E-state index contributed by atoms with van der Waals surface area (Å²) in [5.41, 5.74) is -0.650. The maximum atomic E-state index is 12.5. The van der Waals surface area contributed by atoms with Crippen molar-refractivity contribution in [3.8, 4) is 11.5 Å². The highest BCUT2D eigenvalue weighted by molar-refractivity contribution is 5.92. The molecule has 2 rings (SSSR count). The number of para-hydroxylation sites is 2. The molecular formula is C21H22F3NO5. The number of esters is 1. The smallest absolute Gasteiger partial charge is 0.416 e. The molecule has 0 radical (unpaired) electrons. The van der Waals surface area contributed by atoms with Crippen molar-refractivity contribution in [1.82, 2.24) is 0 Å². The van der Waals surface area contributed by atoms with E-state index in [-0.39, 0.29) is 18.7 Å². The van der Waals surface area contributed by atoms with E-state index >= 15 is 0 Å². The highest BCUT2D eigenvalue weighted by Gasteiger charge is 2.30. The molecule has 0 aliphatic carbocycles. The Morgan fingerprint density at radius 3 is 2.20 bits per heavy atom. The first kappa shape index (κ1) is 23.1. The highest BCUT2D eigenvalue weighted by atomic mass is 19.4. The average Bonchev–Trinajstić information content (AvgIpc) is 2.71. The number of nitrogens with one attached hydrogen (secondary N) is 1. The Hall–Kier alpha value is -3.23. The summed E-state index contributed by atoms with van der Waals surface area (Å²) < 4.78 is 53.4. The molecule has 0 atom stereocenters. The fourth-order valence-electron chi connectivity index (χ4n) is 2.40. The zero-order valence-corrected chi connectivity index (χ0v) is 16.3. The summed E-state index contributed by atoms with van der Waals surface area (Å²) in [6.07, 6.45) is -4.03. The van der Waals surface area contributed by atoms with Crippen molar-refractivity contribution in [2.45, 2.75) is 25.9 Å². The molecule has 9 heteroatoms. The minimum Gasteiger partial charge on any atom is -0.490 e. The van der Waals surface area contributed by atoms with Gasteiger partial charge in [0, 0.05) is 12.1 Å². The van der Waals surface area contributed by atoms with Gasteiger partial charge < -0.3 is 19.5 Å². The number of anilines is 1. The average molecular weight is 425 g/mol. The van der Waals surface area contributed by atoms with E-state index in [1.165, 1.54) is 0 Å². The predicted molar refractivity (Wildman–Crippen MR) is 103 cm³/mol. The molecule has 2 aromatic rings. The lowest BCUT2D eigenvalue weighted by molar-refractivity contribution is -0.147. The molecule has 0 spiro atoms. The monoisotopic (exact) mass is 425 g/mol. The SMILES string of the molecule is CCOc1ccccc1OCCCC(=O)OCC(=O)Nc1ccc(C(F)(F)F)cc1. The second-order valence-corrected chi connectivity index (χ2v) is 6.12. The van der Waals surface area contributed by atoms with Gasteiger partial charge in [-0.25, -0.2) is 0 Å². The van der Waals surface area contributed by atoms with Gasteiger partial charge in [-0.3, -0.25) is 9.59 Å². The Kier molecular flexibility index (Phi) is 8.52. The molecule has 0 unspecified atom stereocenters. The molecule has 0 saturated carbocycles. The normalized spacial score (nSPS) is 10.9. The Balaban J connectivity index is 1.66. The number of carbonyl (C=O) groups is 2. The van der Waals surface area contributed by atoms with Gasteiger partial charge in [0.15, 0.2) is 18.1 Å². The maximum absolute atomic E-state index is 12.5. The largest absolute Gasteiger partial charge is 0.490 e. The van der Waals surface area contributed by atoms with Crippen molar-refractivity contribution < 1.29 is 37.0 Å². The minimum atomic E-state index is -4.45. The highest BCUT2D eigenvalue weighted by Crippen LogP contribution is 2.30. The molecule has 1 amide bonds. The van der Waals surface area contributed by atoms with E-state index in [4.69, 9.17) is 14.2 Å². The van der Waals surface area contributed by atoms with Crippen molar-refractivity contribution in [3.63, 3.8) is 0 Å². The van der Waals surface area contributed by atoms with Crippen molar-refractivity contribution >= 4 is 17.6 Å². The van der Waals surface area contributed by atoms with Crippen LogP contribution < -0.4 is 14.8 Å². The third kappa shape index (κ3) is 7.65. The van der Waals surface area contributed by atoms with Gasteiger partial charge in [0.05, 0.1) is 18.8 Å². The topological polar surface area (TPSA) is 73.9 Å². The zero-order chi connectivity index (χ0) is 22.0. The van der Waals surface area contributed by atoms with E-state index in [9.17, 15) is 22.8 Å². The zero-order valence-electron chi connectivity index (χ0n) is 16.3. The molecule has 162 valence electrons. The molecule has 0 saturated heterocycles. The summed E-state index contributed by atoms with van der Waals surface area (Å²) in [6.45, 7) is 2.09. The third-order valence-corrected chi connectivity index (χ3v) is 3.79. The number of alkyl halides is 3. The van der Waals surface area contributed by atoms with Gasteiger partial charge in [0.2, 0.25) is 0 Å². The maximum Gasteiger partial charge on any atom is 0.416 e. The van der Waals surface area contributed by atoms with E-state index in [1.54, 1.807) is 18.2 Å². The van der Waals surface area contributed by atoms with Crippen LogP contribution in [0.3, 0.4) is 0 Å². The Labute approximate surface area is 171 Å². The summed E-state index contributed by atoms with van der Waals surface area (Å²) in [6, 6.07) is 11.1. The summed E-state index contributed by atoms with van der Waals surface area (Å²) in [5, 5.41) is 2.36. The summed E-state index contributed by atoms with van der Waals surface area (Å²) >= 11 is 0. The van der Waals surface area contributed by atoms with Crippen LogP contribution in [-0.2, 0) is 20.5 Å². The van der Waals surface area contributed by atoms with Gasteiger partial charge >= 0.3 is 12.1 Å². The molecule has 0 heterocycles. The van der Waals surface area contributed by atoms with E-state index in [0.29, 0.717) is 24.5 Å². The van der Waals surface area contributed by atoms with Crippen LogP contribution in [-0.4, -0.2) is 31.7 Å². The van der Waals surface area contributed by atoms with Gasteiger partial charge in [0.1, 0.15) is 0 Å². The van der Waals surface area contributed by atoms with Crippen molar-refractivity contribution in [1.29, 1.82) is 0 Å². The fourth-order valence-corrected chi connectivity index (χ4v) is 2.40. The number of carbonyl (C=O) groups excluding carboxylic acids is 2. The summed E-state index contributed by atoms with van der Waals surface area (Å²) in [4.78, 5) is 23.5. The van der Waals surface area contributed by atoms with Crippen LogP contribution in [0.5, 0.6) is 11.5 Å². The van der Waals surface area contributed by atoms with Crippen LogP contribution in [0.15, 0.2) is 48.5 Å². The van der Waals surface area contributed by atoms with E-state index in [0.717, 1.165) is 24.3 Å². The number of benzene rings is 2. The van der Waals surface area contributed by atoms with E-state index in [1.807, 2.05) is 13.0 Å². The van der Waals surface area contributed by atoms with Gasteiger partial charge in [-0.05, 0) is 49.7 Å². The molecule has 0 aromatic heterocycles.